The molecule has 0 aliphatic heterocycles. The first-order chi connectivity index (χ1) is 15.7. The summed E-state index contributed by atoms with van der Waals surface area (Å²) in [4.78, 5) is 24.3. The van der Waals surface area contributed by atoms with Crippen LogP contribution < -0.4 is 14.4 Å². The summed E-state index contributed by atoms with van der Waals surface area (Å²) in [5.41, 5.74) is 1.94. The molecular formula is C22H22N6O4S. The molecule has 3 heterocycles. The maximum atomic E-state index is 12.0. The van der Waals surface area contributed by atoms with Crippen molar-refractivity contribution in [1.82, 2.24) is 19.5 Å². The molecular weight excluding hydrogens is 444 g/mol. The molecule has 0 aliphatic carbocycles. The smallest absolute Gasteiger partial charge is 0.323 e. The number of nitrogens with zero attached hydrogens (tertiary/aromatic N) is 5. The van der Waals surface area contributed by atoms with Gasteiger partial charge in [0, 0.05) is 55.3 Å². The fourth-order valence-corrected chi connectivity index (χ4v) is 3.73. The lowest BCUT2D eigenvalue weighted by atomic mass is 10.2. The van der Waals surface area contributed by atoms with Gasteiger partial charge >= 0.3 is 6.01 Å². The highest BCUT2D eigenvalue weighted by Crippen LogP contribution is 2.25. The molecule has 10 nitrogen and oxygen atoms in total. The second-order valence-corrected chi connectivity index (χ2v) is 9.42. The summed E-state index contributed by atoms with van der Waals surface area (Å²) in [7, 11) is -1.99. The number of fused-ring (bicyclic) bond motifs is 1. The molecule has 0 unspecified atom stereocenters. The van der Waals surface area contributed by atoms with E-state index in [2.05, 4.69) is 20.3 Å². The number of hydrogen-bond donors (Lipinski definition) is 1. The van der Waals surface area contributed by atoms with E-state index in [-0.39, 0.29) is 11.9 Å². The first kappa shape index (κ1) is 22.2. The average Bonchev–Trinajstić information content (AvgIpc) is 3.15. The van der Waals surface area contributed by atoms with Crippen molar-refractivity contribution < 1.29 is 17.9 Å². The van der Waals surface area contributed by atoms with Crippen molar-refractivity contribution in [1.29, 1.82) is 0 Å². The van der Waals surface area contributed by atoms with Gasteiger partial charge in [-0.25, -0.2) is 18.4 Å². The molecule has 0 radical (unpaired) electrons. The van der Waals surface area contributed by atoms with E-state index in [1.54, 1.807) is 42.7 Å². The van der Waals surface area contributed by atoms with Crippen LogP contribution in [0.3, 0.4) is 0 Å². The van der Waals surface area contributed by atoms with Crippen LogP contribution in [0.4, 0.5) is 11.5 Å². The van der Waals surface area contributed by atoms with Gasteiger partial charge in [-0.05, 0) is 24.3 Å². The number of carbonyl (C=O) groups excluding carboxylic acids is 1. The van der Waals surface area contributed by atoms with Crippen molar-refractivity contribution in [3.05, 3.63) is 66.6 Å². The normalized spacial score (nSPS) is 11.4. The predicted octanol–water partition coefficient (Wildman–Crippen LogP) is 3.02. The van der Waals surface area contributed by atoms with E-state index in [0.29, 0.717) is 35.0 Å². The molecule has 0 atom stereocenters. The minimum atomic E-state index is -3.46. The molecule has 170 valence electrons. The lowest BCUT2D eigenvalue weighted by molar-refractivity contribution is -0.114. The Morgan fingerprint density at radius 1 is 1.18 bits per heavy atom. The zero-order chi connectivity index (χ0) is 23.6. The Labute approximate surface area is 190 Å². The molecule has 1 amide bonds. The average molecular weight is 467 g/mol. The predicted molar refractivity (Wildman–Crippen MR) is 125 cm³/mol. The van der Waals surface area contributed by atoms with Crippen LogP contribution >= 0.6 is 0 Å². The summed E-state index contributed by atoms with van der Waals surface area (Å²) < 4.78 is 32.9. The fourth-order valence-electron chi connectivity index (χ4n) is 3.26. The third-order valence-corrected chi connectivity index (χ3v) is 6.02. The second kappa shape index (κ2) is 8.87. The van der Waals surface area contributed by atoms with E-state index < -0.39 is 10.0 Å². The molecule has 0 spiro atoms. The summed E-state index contributed by atoms with van der Waals surface area (Å²) >= 11 is 0. The Morgan fingerprint density at radius 3 is 2.76 bits per heavy atom. The van der Waals surface area contributed by atoms with Gasteiger partial charge < -0.3 is 14.6 Å². The van der Waals surface area contributed by atoms with Crippen molar-refractivity contribution in [3.8, 4) is 11.8 Å². The first-order valence-electron chi connectivity index (χ1n) is 9.96. The number of sulfonamides is 1. The summed E-state index contributed by atoms with van der Waals surface area (Å²) in [6.45, 7) is 1.78. The number of carbonyl (C=O) groups is 1. The molecule has 4 aromatic rings. The van der Waals surface area contributed by atoms with Gasteiger partial charge in [-0.1, -0.05) is 12.1 Å². The number of pyridine rings is 1. The van der Waals surface area contributed by atoms with Crippen molar-refractivity contribution in [2.24, 2.45) is 0 Å². The van der Waals surface area contributed by atoms with Crippen LogP contribution in [-0.4, -0.2) is 47.1 Å². The number of nitrogens with one attached hydrogen (secondary N) is 1. The number of benzene rings is 1. The fraction of sp³-hybridized carbons (Fsp3) is 0.182. The van der Waals surface area contributed by atoms with Crippen LogP contribution in [-0.2, 0) is 21.4 Å². The third-order valence-electron chi connectivity index (χ3n) is 4.85. The van der Waals surface area contributed by atoms with Gasteiger partial charge in [0.05, 0.1) is 12.8 Å². The van der Waals surface area contributed by atoms with Gasteiger partial charge in [0.1, 0.15) is 17.2 Å². The van der Waals surface area contributed by atoms with E-state index in [4.69, 9.17) is 4.74 Å². The van der Waals surface area contributed by atoms with E-state index in [1.807, 2.05) is 22.9 Å². The SMILES string of the molecule is CC(=O)Nc1cccc(Oc2ncc3ccn(Cc4cccnc4N(C)S(C)(=O)=O)c3n2)c1. The molecule has 0 saturated carbocycles. The lowest BCUT2D eigenvalue weighted by Crippen LogP contribution is -2.27. The monoisotopic (exact) mass is 466 g/mol. The Bertz CT molecular complexity index is 1430. The Hall–Kier alpha value is -3.99. The van der Waals surface area contributed by atoms with Crippen molar-refractivity contribution in [2.75, 3.05) is 22.9 Å². The molecule has 0 saturated heterocycles. The zero-order valence-corrected chi connectivity index (χ0v) is 19.1. The minimum absolute atomic E-state index is 0.141. The summed E-state index contributed by atoms with van der Waals surface area (Å²) in [5, 5.41) is 3.50. The van der Waals surface area contributed by atoms with Gasteiger partial charge in [0.15, 0.2) is 0 Å². The van der Waals surface area contributed by atoms with E-state index >= 15 is 0 Å². The Kier molecular flexibility index (Phi) is 5.97. The maximum absolute atomic E-state index is 12.0. The largest absolute Gasteiger partial charge is 0.424 e. The molecule has 4 rings (SSSR count). The number of aromatic nitrogens is 4. The summed E-state index contributed by atoms with van der Waals surface area (Å²) in [5.74, 6) is 0.643. The van der Waals surface area contributed by atoms with Crippen LogP contribution in [0.2, 0.25) is 0 Å². The van der Waals surface area contributed by atoms with Gasteiger partial charge in [0.2, 0.25) is 15.9 Å². The number of anilines is 2. The van der Waals surface area contributed by atoms with Gasteiger partial charge in [-0.3, -0.25) is 9.10 Å². The molecule has 11 heteroatoms. The highest BCUT2D eigenvalue weighted by atomic mass is 32.2. The summed E-state index contributed by atoms with van der Waals surface area (Å²) in [6, 6.07) is 12.5. The lowest BCUT2D eigenvalue weighted by Gasteiger charge is -2.19. The van der Waals surface area contributed by atoms with Crippen molar-refractivity contribution in [2.45, 2.75) is 13.5 Å². The van der Waals surface area contributed by atoms with Crippen LogP contribution in [0.5, 0.6) is 11.8 Å². The van der Waals surface area contributed by atoms with Crippen molar-refractivity contribution in [3.63, 3.8) is 0 Å². The topological polar surface area (TPSA) is 119 Å². The molecule has 0 aliphatic rings. The zero-order valence-electron chi connectivity index (χ0n) is 18.3. The van der Waals surface area contributed by atoms with E-state index in [1.165, 1.54) is 14.0 Å². The second-order valence-electron chi connectivity index (χ2n) is 7.40. The standard InChI is InChI=1S/C22H22N6O4S/c1-15(29)25-18-7-4-8-19(12-18)32-22-24-13-16-9-11-28(21(16)26-22)14-17-6-5-10-23-20(17)27(2)33(3,30)31/h4-13H,14H2,1-3H3,(H,25,29). The molecule has 3 aromatic heterocycles. The van der Waals surface area contributed by atoms with Crippen LogP contribution in [0.25, 0.3) is 11.0 Å². The maximum Gasteiger partial charge on any atom is 0.323 e. The van der Waals surface area contributed by atoms with Gasteiger partial charge in [-0.2, -0.15) is 4.98 Å². The number of amides is 1. The quantitative estimate of drug-likeness (QED) is 0.445. The van der Waals surface area contributed by atoms with Gasteiger partial charge in [0.25, 0.3) is 0 Å². The first-order valence-corrected chi connectivity index (χ1v) is 11.8. The van der Waals surface area contributed by atoms with Gasteiger partial charge in [-0.15, -0.1) is 0 Å². The Morgan fingerprint density at radius 2 is 2.00 bits per heavy atom. The minimum Gasteiger partial charge on any atom is -0.424 e. The van der Waals surface area contributed by atoms with E-state index in [0.717, 1.165) is 15.9 Å². The van der Waals surface area contributed by atoms with E-state index in [9.17, 15) is 13.2 Å². The molecule has 33 heavy (non-hydrogen) atoms. The molecule has 0 fully saturated rings. The van der Waals surface area contributed by atoms with Crippen LogP contribution in [0.15, 0.2) is 61.1 Å². The van der Waals surface area contributed by atoms with Crippen LogP contribution in [0.1, 0.15) is 12.5 Å². The number of ether oxygens (including phenoxy) is 1. The third kappa shape index (κ3) is 5.09. The highest BCUT2D eigenvalue weighted by Gasteiger charge is 2.18. The van der Waals surface area contributed by atoms with Crippen molar-refractivity contribution >= 4 is 38.5 Å². The molecule has 1 N–H and O–H groups in total. The molecule has 0 bridgehead atoms. The number of hydrogen-bond acceptors (Lipinski definition) is 7. The summed E-state index contributed by atoms with van der Waals surface area (Å²) in [6.07, 6.45) is 6.18. The molecule has 1 aromatic carbocycles. The Balaban J connectivity index is 1.63. The highest BCUT2D eigenvalue weighted by molar-refractivity contribution is 7.92. The van der Waals surface area contributed by atoms with Crippen LogP contribution in [0, 0.1) is 0 Å². The number of rotatable bonds is 7.